The summed E-state index contributed by atoms with van der Waals surface area (Å²) in [4.78, 5) is 20.3. The molecule has 110 valence electrons. The third kappa shape index (κ3) is 16.4. The molecule has 0 radical (unpaired) electrons. The number of esters is 1. The summed E-state index contributed by atoms with van der Waals surface area (Å²) in [6, 6.07) is 0. The van der Waals surface area contributed by atoms with Gasteiger partial charge >= 0.3 is 11.9 Å². The number of aliphatic carboxylic acids is 1. The molecule has 0 heterocycles. The van der Waals surface area contributed by atoms with Gasteiger partial charge in [-0.25, -0.2) is 9.59 Å². The van der Waals surface area contributed by atoms with Crippen LogP contribution in [0.3, 0.4) is 0 Å². The molecule has 0 aliphatic rings. The third-order valence-corrected chi connectivity index (χ3v) is 2.32. The second-order valence-electron chi connectivity index (χ2n) is 4.52. The van der Waals surface area contributed by atoms with Crippen molar-refractivity contribution in [2.75, 3.05) is 6.61 Å². The molecule has 0 aliphatic carbocycles. The molecule has 0 saturated carbocycles. The van der Waals surface area contributed by atoms with Gasteiger partial charge in [0.2, 0.25) is 0 Å². The topological polar surface area (TPSA) is 63.6 Å². The molecular formula is C15H26O4. The van der Waals surface area contributed by atoms with E-state index >= 15 is 0 Å². The van der Waals surface area contributed by atoms with E-state index in [2.05, 4.69) is 27.0 Å². The lowest BCUT2D eigenvalue weighted by atomic mass is 10.0. The molecule has 4 heteroatoms. The Morgan fingerprint density at radius 3 is 2.26 bits per heavy atom. The van der Waals surface area contributed by atoms with Crippen LogP contribution in [0.1, 0.15) is 46.5 Å². The zero-order valence-corrected chi connectivity index (χ0v) is 12.3. The van der Waals surface area contributed by atoms with Gasteiger partial charge in [0.15, 0.2) is 0 Å². The number of hydrogen-bond acceptors (Lipinski definition) is 3. The van der Waals surface area contributed by atoms with Crippen LogP contribution in [0.25, 0.3) is 0 Å². The summed E-state index contributed by atoms with van der Waals surface area (Å²) >= 11 is 0. The molecule has 0 rings (SSSR count). The molecule has 1 atom stereocenters. The highest BCUT2D eigenvalue weighted by Crippen LogP contribution is 2.10. The second-order valence-corrected chi connectivity index (χ2v) is 4.52. The summed E-state index contributed by atoms with van der Waals surface area (Å²) in [5.74, 6) is -0.790. The van der Waals surface area contributed by atoms with Crippen LogP contribution >= 0.6 is 0 Å². The molecule has 0 bridgehead atoms. The molecule has 0 amide bonds. The number of unbranched alkanes of at least 4 members (excludes halogenated alkanes) is 2. The van der Waals surface area contributed by atoms with Gasteiger partial charge in [0.1, 0.15) is 0 Å². The Hall–Kier alpha value is -1.58. The summed E-state index contributed by atoms with van der Waals surface area (Å²) in [5.41, 5.74) is 0.478. The second kappa shape index (κ2) is 12.9. The van der Waals surface area contributed by atoms with Crippen LogP contribution in [0.2, 0.25) is 0 Å². The van der Waals surface area contributed by atoms with Crippen LogP contribution in [0.4, 0.5) is 0 Å². The predicted octanol–water partition coefficient (Wildman–Crippen LogP) is 3.58. The molecule has 0 aliphatic heterocycles. The first-order valence-corrected chi connectivity index (χ1v) is 6.53. The summed E-state index contributed by atoms with van der Waals surface area (Å²) in [6.45, 7) is 13.0. The van der Waals surface area contributed by atoms with Gasteiger partial charge in [0, 0.05) is 11.6 Å². The van der Waals surface area contributed by atoms with Crippen molar-refractivity contribution in [1.29, 1.82) is 0 Å². The van der Waals surface area contributed by atoms with Crippen molar-refractivity contribution >= 4 is 11.9 Å². The van der Waals surface area contributed by atoms with Gasteiger partial charge in [0.25, 0.3) is 0 Å². The van der Waals surface area contributed by atoms with Gasteiger partial charge in [-0.3, -0.25) is 0 Å². The Morgan fingerprint density at radius 1 is 1.37 bits per heavy atom. The van der Waals surface area contributed by atoms with Crippen molar-refractivity contribution in [3.05, 3.63) is 24.8 Å². The van der Waals surface area contributed by atoms with Gasteiger partial charge in [-0.05, 0) is 19.3 Å². The number of carboxylic acids is 1. The van der Waals surface area contributed by atoms with E-state index in [9.17, 15) is 9.59 Å². The first-order valence-electron chi connectivity index (χ1n) is 6.53. The summed E-state index contributed by atoms with van der Waals surface area (Å²) in [6.07, 6.45) is 5.69. The van der Waals surface area contributed by atoms with Crippen molar-refractivity contribution in [3.8, 4) is 0 Å². The molecule has 19 heavy (non-hydrogen) atoms. The zero-order valence-electron chi connectivity index (χ0n) is 12.3. The number of rotatable bonds is 8. The fraction of sp³-hybridized carbons (Fsp3) is 0.600. The molecular weight excluding hydrogens is 244 g/mol. The summed E-state index contributed by atoms with van der Waals surface area (Å²) in [7, 11) is 0. The largest absolute Gasteiger partial charge is 0.478 e. The van der Waals surface area contributed by atoms with E-state index in [1.54, 1.807) is 6.92 Å². The predicted molar refractivity (Wildman–Crippen MR) is 76.9 cm³/mol. The molecule has 0 spiro atoms. The zero-order chi connectivity index (χ0) is 15.3. The maximum atomic E-state index is 11.1. The number of carboxylic acid groups (broad SMARTS) is 1. The molecule has 0 saturated heterocycles. The average molecular weight is 270 g/mol. The lowest BCUT2D eigenvalue weighted by Crippen LogP contribution is -2.12. The fourth-order valence-electron chi connectivity index (χ4n) is 1.17. The van der Waals surface area contributed by atoms with Crippen LogP contribution in [-0.4, -0.2) is 23.7 Å². The van der Waals surface area contributed by atoms with E-state index in [-0.39, 0.29) is 5.97 Å². The van der Waals surface area contributed by atoms with Crippen molar-refractivity contribution in [2.45, 2.75) is 46.5 Å². The van der Waals surface area contributed by atoms with Crippen LogP contribution in [0.15, 0.2) is 24.8 Å². The minimum Gasteiger partial charge on any atom is -0.478 e. The summed E-state index contributed by atoms with van der Waals surface area (Å²) < 4.78 is 5.06. The van der Waals surface area contributed by atoms with Crippen LogP contribution in [-0.2, 0) is 14.3 Å². The minimum absolute atomic E-state index is 0.271. The highest BCUT2D eigenvalue weighted by molar-refractivity contribution is 5.86. The van der Waals surface area contributed by atoms with E-state index < -0.39 is 5.97 Å². The van der Waals surface area contributed by atoms with E-state index in [0.717, 1.165) is 12.5 Å². The van der Waals surface area contributed by atoms with Gasteiger partial charge in [-0.15, -0.1) is 0 Å². The van der Waals surface area contributed by atoms with Gasteiger partial charge in [-0.2, -0.15) is 0 Å². The third-order valence-electron chi connectivity index (χ3n) is 2.32. The van der Waals surface area contributed by atoms with E-state index in [1.807, 2.05) is 0 Å². The minimum atomic E-state index is -0.981. The first-order chi connectivity index (χ1) is 8.84. The molecule has 1 N–H and O–H groups in total. The Kier molecular flexibility index (Phi) is 13.4. The molecule has 0 fully saturated rings. The molecule has 4 nitrogen and oxygen atoms in total. The normalized spacial score (nSPS) is 10.7. The fourth-order valence-corrected chi connectivity index (χ4v) is 1.17. The van der Waals surface area contributed by atoms with Gasteiger partial charge < -0.3 is 9.84 Å². The molecule has 0 aromatic carbocycles. The first kappa shape index (κ1) is 19.8. The number of carbonyl (C=O) groups excluding carboxylic acids is 1. The molecule has 0 aromatic rings. The van der Waals surface area contributed by atoms with Crippen LogP contribution in [0.5, 0.6) is 0 Å². The lowest BCUT2D eigenvalue weighted by molar-refractivity contribution is -0.140. The average Bonchev–Trinajstić information content (AvgIpc) is 2.36. The maximum Gasteiger partial charge on any atom is 0.333 e. The highest BCUT2D eigenvalue weighted by Gasteiger charge is 2.07. The molecule has 1 unspecified atom stereocenters. The Bertz CT molecular complexity index is 295. The number of hydrogen-bond donors (Lipinski definition) is 1. The molecule has 0 aromatic heterocycles. The van der Waals surface area contributed by atoms with E-state index in [0.29, 0.717) is 18.1 Å². The number of carbonyl (C=O) groups is 2. The summed E-state index contributed by atoms with van der Waals surface area (Å²) in [5, 5.41) is 7.60. The van der Waals surface area contributed by atoms with Crippen LogP contribution in [0, 0.1) is 5.92 Å². The number of ether oxygens (including phenoxy) is 1. The Labute approximate surface area is 116 Å². The smallest absolute Gasteiger partial charge is 0.333 e. The van der Waals surface area contributed by atoms with Crippen LogP contribution < -0.4 is 0 Å². The Balaban J connectivity index is 0. The quantitative estimate of drug-likeness (QED) is 0.416. The SMILES string of the molecule is C=C(C)C(=O)OCC(C)CCCCC.C=CC(=O)O. The standard InChI is InChI=1S/C12H22O2.C3H4O2/c1-5-6-7-8-11(4)9-14-12(13)10(2)3;1-2-3(4)5/h11H,2,5-9H2,1,3-4H3;2H,1H2,(H,4,5). The van der Waals surface area contributed by atoms with Crippen molar-refractivity contribution in [2.24, 2.45) is 5.92 Å². The van der Waals surface area contributed by atoms with Crippen molar-refractivity contribution in [3.63, 3.8) is 0 Å². The van der Waals surface area contributed by atoms with Gasteiger partial charge in [-0.1, -0.05) is 46.3 Å². The maximum absolute atomic E-state index is 11.1. The highest BCUT2D eigenvalue weighted by atomic mass is 16.5. The van der Waals surface area contributed by atoms with Crippen molar-refractivity contribution < 1.29 is 19.4 Å². The monoisotopic (exact) mass is 270 g/mol. The van der Waals surface area contributed by atoms with Crippen molar-refractivity contribution in [1.82, 2.24) is 0 Å². The Morgan fingerprint density at radius 2 is 1.89 bits per heavy atom. The lowest BCUT2D eigenvalue weighted by Gasteiger charge is -2.11. The van der Waals surface area contributed by atoms with E-state index in [4.69, 9.17) is 9.84 Å². The van der Waals surface area contributed by atoms with Gasteiger partial charge in [0.05, 0.1) is 6.61 Å². The van der Waals surface area contributed by atoms with E-state index in [1.165, 1.54) is 19.3 Å².